The molecule has 2 aromatic rings. The van der Waals surface area contributed by atoms with Gasteiger partial charge in [0.05, 0.1) is 0 Å². The van der Waals surface area contributed by atoms with Crippen LogP contribution in [0.2, 0.25) is 0 Å². The Morgan fingerprint density at radius 1 is 0.395 bits per heavy atom. The first-order valence-electron chi connectivity index (χ1n) is 12.1. The average Bonchev–Trinajstić information content (AvgIpc) is 2.62. The first-order chi connectivity index (χ1) is 16.4. The van der Waals surface area contributed by atoms with Crippen molar-refractivity contribution < 1.29 is 34.5 Å². The summed E-state index contributed by atoms with van der Waals surface area (Å²) < 4.78 is 78.0. The largest absolute Gasteiger partial charge is 0.673 e. The molecule has 0 N–H and O–H groups in total. The van der Waals surface area contributed by atoms with Crippen molar-refractivity contribution in [2.75, 3.05) is 0 Å². The van der Waals surface area contributed by atoms with Gasteiger partial charge in [0.2, 0.25) is 42.2 Å². The van der Waals surface area contributed by atoms with Gasteiger partial charge in [-0.15, -0.1) is 0 Å². The lowest BCUT2D eigenvalue weighted by atomic mass is 9.88. The van der Waals surface area contributed by atoms with Crippen LogP contribution in [-0.4, -0.2) is 14.5 Å². The quantitative estimate of drug-likeness (QED) is 0.176. The third kappa shape index (κ3) is 15.3. The molecular weight excluding hydrogens is 550 g/mol. The van der Waals surface area contributed by atoms with Crippen LogP contribution in [0.5, 0.6) is 0 Å². The Hall–Kier alpha value is -1.29. The maximum absolute atomic E-state index is 9.75. The Balaban J connectivity index is 0.00000116. The minimum Gasteiger partial charge on any atom is -0.418 e. The number of hydrogen-bond donors (Lipinski definition) is 0. The van der Waals surface area contributed by atoms with Gasteiger partial charge < -0.3 is 34.5 Å². The molecule has 0 aliphatic carbocycles. The van der Waals surface area contributed by atoms with Crippen molar-refractivity contribution in [3.05, 3.63) is 43.8 Å². The highest BCUT2D eigenvalue weighted by Crippen LogP contribution is 2.41. The van der Waals surface area contributed by atoms with Gasteiger partial charge in [-0.2, -0.15) is 0 Å². The van der Waals surface area contributed by atoms with Crippen molar-refractivity contribution in [1.29, 1.82) is 0 Å². The van der Waals surface area contributed by atoms with Crippen LogP contribution in [0, 0.1) is 0 Å². The molecule has 12 heteroatoms. The Morgan fingerprint density at radius 3 is 0.632 bits per heavy atom. The Morgan fingerprint density at radius 2 is 0.526 bits per heavy atom. The summed E-state index contributed by atoms with van der Waals surface area (Å²) in [5, 5.41) is 0. The summed E-state index contributed by atoms with van der Waals surface area (Å²) in [4.78, 5) is 5.82. The predicted octanol–water partition coefficient (Wildman–Crippen LogP) is 11.8. The molecule has 0 aliphatic heterocycles. The van der Waals surface area contributed by atoms with Crippen LogP contribution in [0.1, 0.15) is 103 Å². The second-order valence-corrected chi connectivity index (χ2v) is 15.3. The van der Waals surface area contributed by atoms with E-state index in [2.05, 4.69) is 107 Å². The smallest absolute Gasteiger partial charge is 0.418 e. The second-order valence-electron chi connectivity index (χ2n) is 13.1. The summed E-state index contributed by atoms with van der Waals surface area (Å²) >= 11 is 3.93. The molecule has 0 atom stereocenters. The van der Waals surface area contributed by atoms with E-state index >= 15 is 0 Å². The Kier molecular flexibility index (Phi) is 12.1. The fourth-order valence-corrected chi connectivity index (χ4v) is 5.26. The third-order valence-electron chi connectivity index (χ3n) is 4.88. The summed E-state index contributed by atoms with van der Waals surface area (Å²) in [5.41, 5.74) is 3.32. The molecule has 0 radical (unpaired) electrons. The van der Waals surface area contributed by atoms with Gasteiger partial charge in [-0.25, -0.2) is 0 Å². The van der Waals surface area contributed by atoms with Gasteiger partial charge in [0.15, 0.2) is 0 Å². The zero-order chi connectivity index (χ0) is 30.7. The van der Waals surface area contributed by atoms with Gasteiger partial charge in [-0.1, -0.05) is 83.1 Å². The minimum absolute atomic E-state index is 0.151. The van der Waals surface area contributed by atoms with E-state index in [1.807, 2.05) is 22.7 Å². The van der Waals surface area contributed by atoms with E-state index in [1.165, 1.54) is 30.6 Å². The topological polar surface area (TPSA) is 0 Å². The second kappa shape index (κ2) is 12.5. The highest BCUT2D eigenvalue weighted by molar-refractivity contribution is 7.12. The lowest BCUT2D eigenvalue weighted by Crippen LogP contribution is -2.15. The highest BCUT2D eigenvalue weighted by Gasteiger charge is 2.35. The molecule has 0 bridgehead atoms. The average molecular weight is 590 g/mol. The lowest BCUT2D eigenvalue weighted by Gasteiger charge is -2.18. The standard InChI is InChI=1S/C26H40S2.2BF4/c1-23(2,3)19-13-17(14-20(27-19)24(4,5)6)18-15-21(25(7,8)9)28-22(16-18)26(10,11)12;2*2-1(3,4)5/h13-16H,1-12H3;;/q+2;2*-1. The van der Waals surface area contributed by atoms with Crippen LogP contribution >= 0.6 is 22.7 Å². The van der Waals surface area contributed by atoms with E-state index in [9.17, 15) is 34.5 Å². The molecule has 0 nitrogen and oxygen atoms in total. The van der Waals surface area contributed by atoms with E-state index in [1.54, 1.807) is 0 Å². The molecule has 0 saturated carbocycles. The van der Waals surface area contributed by atoms with Crippen LogP contribution in [0.4, 0.5) is 34.5 Å². The van der Waals surface area contributed by atoms with Gasteiger partial charge in [0.25, 0.3) is 0 Å². The summed E-state index contributed by atoms with van der Waals surface area (Å²) in [6.07, 6.45) is 0. The molecule has 0 unspecified atom stereocenters. The maximum atomic E-state index is 9.75. The van der Waals surface area contributed by atoms with E-state index in [4.69, 9.17) is 0 Å². The molecule has 0 saturated heterocycles. The molecule has 38 heavy (non-hydrogen) atoms. The van der Waals surface area contributed by atoms with Crippen molar-refractivity contribution in [3.8, 4) is 11.1 Å². The minimum atomic E-state index is -6.00. The van der Waals surface area contributed by atoms with Crippen LogP contribution in [0.3, 0.4) is 0 Å². The molecule has 218 valence electrons. The number of rotatable bonds is 1. The molecular formula is C26H40B2F8S2. The monoisotopic (exact) mass is 590 g/mol. The summed E-state index contributed by atoms with van der Waals surface area (Å²) in [7, 11) is -12.0. The fourth-order valence-electron chi connectivity index (χ4n) is 2.81. The van der Waals surface area contributed by atoms with Crippen molar-refractivity contribution in [2.45, 2.75) is 105 Å². The van der Waals surface area contributed by atoms with Crippen molar-refractivity contribution >= 4 is 37.2 Å². The molecule has 2 rings (SSSR count). The van der Waals surface area contributed by atoms with E-state index in [0.717, 1.165) is 0 Å². The van der Waals surface area contributed by atoms with Gasteiger partial charge in [0.1, 0.15) is 0 Å². The van der Waals surface area contributed by atoms with E-state index < -0.39 is 14.5 Å². The molecule has 0 amide bonds. The highest BCUT2D eigenvalue weighted by atomic mass is 32.1. The summed E-state index contributed by atoms with van der Waals surface area (Å²) in [6.45, 7) is 27.9. The SMILES string of the molecule is CC(C)(C)c1cc(-c2cc(C(C)(C)C)[s+]c(C(C)(C)C)c2)cc(C(C)(C)C)[s+]1.F[B-](F)(F)F.F[B-](F)(F)F. The normalized spacial score (nSPS) is 13.3. The zero-order valence-corrected chi connectivity index (χ0v) is 25.9. The molecule has 2 aromatic heterocycles. The summed E-state index contributed by atoms with van der Waals surface area (Å²) in [5.74, 6) is 0. The molecule has 0 aliphatic rings. The maximum Gasteiger partial charge on any atom is 0.673 e. The Bertz CT molecular complexity index is 892. The fraction of sp³-hybridized carbons (Fsp3) is 0.615. The molecule has 0 fully saturated rings. The van der Waals surface area contributed by atoms with Gasteiger partial charge in [-0.05, 0) is 11.1 Å². The molecule has 2 heterocycles. The number of hydrogen-bond acceptors (Lipinski definition) is 0. The molecule has 0 spiro atoms. The Labute approximate surface area is 231 Å². The lowest BCUT2D eigenvalue weighted by molar-refractivity contribution is 0.366. The first-order valence-corrected chi connectivity index (χ1v) is 13.8. The van der Waals surface area contributed by atoms with Crippen molar-refractivity contribution in [3.63, 3.8) is 0 Å². The van der Waals surface area contributed by atoms with Crippen LogP contribution in [0.15, 0.2) is 24.3 Å². The zero-order valence-electron chi connectivity index (χ0n) is 24.3. The van der Waals surface area contributed by atoms with Crippen LogP contribution < -0.4 is 0 Å². The third-order valence-corrected chi connectivity index (χ3v) is 8.68. The summed E-state index contributed by atoms with van der Waals surface area (Å²) in [6, 6.07) is 9.72. The number of halogens is 8. The molecule has 0 aromatic carbocycles. The van der Waals surface area contributed by atoms with E-state index in [-0.39, 0.29) is 21.7 Å². The van der Waals surface area contributed by atoms with Crippen LogP contribution in [0.25, 0.3) is 11.1 Å². The van der Waals surface area contributed by atoms with Crippen molar-refractivity contribution in [1.82, 2.24) is 0 Å². The van der Waals surface area contributed by atoms with Gasteiger partial charge >= 0.3 is 14.5 Å². The van der Waals surface area contributed by atoms with Crippen LogP contribution in [-0.2, 0) is 21.7 Å². The van der Waals surface area contributed by atoms with E-state index in [0.29, 0.717) is 0 Å². The van der Waals surface area contributed by atoms with Crippen molar-refractivity contribution in [2.24, 2.45) is 0 Å². The predicted molar refractivity (Wildman–Crippen MR) is 152 cm³/mol. The van der Waals surface area contributed by atoms with Gasteiger partial charge in [0, 0.05) is 45.9 Å². The first kappa shape index (κ1) is 36.7. The van der Waals surface area contributed by atoms with Gasteiger partial charge in [-0.3, -0.25) is 0 Å².